The quantitative estimate of drug-likeness (QED) is 0.0944. The van der Waals surface area contributed by atoms with Crippen molar-refractivity contribution >= 4 is 12.0 Å². The number of esters is 1. The maximum absolute atomic E-state index is 12.7. The lowest BCUT2D eigenvalue weighted by atomic mass is 10.0. The second kappa shape index (κ2) is 19.1. The third kappa shape index (κ3) is 11.0. The van der Waals surface area contributed by atoms with E-state index in [9.17, 15) is 40.5 Å². The molecule has 53 heavy (non-hydrogen) atoms. The molecule has 3 fully saturated rings. The van der Waals surface area contributed by atoms with Gasteiger partial charge >= 0.3 is 5.97 Å². The normalized spacial score (nSPS) is 32.0. The molecule has 0 radical (unpaired) electrons. The largest absolute Gasteiger partial charge is 0.504 e. The van der Waals surface area contributed by atoms with Crippen LogP contribution in [0.4, 0.5) is 0 Å². The molecule has 0 amide bonds. The first kappa shape index (κ1) is 40.6. The molecule has 0 bridgehead atoms. The Kier molecular flexibility index (Phi) is 14.7. The van der Waals surface area contributed by atoms with E-state index in [4.69, 9.17) is 42.6 Å². The lowest BCUT2D eigenvalue weighted by molar-refractivity contribution is -0.354. The van der Waals surface area contributed by atoms with Crippen LogP contribution in [-0.2, 0) is 44.4 Å². The molecule has 3 aliphatic heterocycles. The highest BCUT2D eigenvalue weighted by Crippen LogP contribution is 2.33. The number of aliphatic hydroxyl groups excluding tert-OH is 5. The SMILES string of the molecule is COc1cc(/C=C/C(=O)OC[C@@H]2C[C@H](O[C@@H]3O[C@H](CO)C[C@H](O)[C@H]3O[C@@H]3OC[C@@H](O)[C@H](O)[C@H]3O)C[C@H](OCCc3ccc(O)c(OC)c3)O2)ccc1O. The van der Waals surface area contributed by atoms with Gasteiger partial charge < -0.3 is 78.4 Å². The lowest BCUT2D eigenvalue weighted by Gasteiger charge is -2.44. The van der Waals surface area contributed by atoms with Gasteiger partial charge in [-0.2, -0.15) is 0 Å². The molecule has 0 aliphatic carbocycles. The predicted molar refractivity (Wildman–Crippen MR) is 181 cm³/mol. The number of hydrogen-bond donors (Lipinski definition) is 7. The molecule has 5 rings (SSSR count). The Morgan fingerprint density at radius 2 is 1.58 bits per heavy atom. The molecule has 0 spiro atoms. The Morgan fingerprint density at radius 1 is 0.849 bits per heavy atom. The zero-order valence-corrected chi connectivity index (χ0v) is 29.3. The molecule has 17 nitrogen and oxygen atoms in total. The second-order valence-corrected chi connectivity index (χ2v) is 12.9. The van der Waals surface area contributed by atoms with Crippen molar-refractivity contribution in [1.82, 2.24) is 0 Å². The Balaban J connectivity index is 1.26. The van der Waals surface area contributed by atoms with E-state index in [1.807, 2.05) is 0 Å². The fourth-order valence-corrected chi connectivity index (χ4v) is 6.16. The molecule has 3 saturated heterocycles. The predicted octanol–water partition coefficient (Wildman–Crippen LogP) is 0.113. The van der Waals surface area contributed by atoms with Crippen molar-refractivity contribution in [3.63, 3.8) is 0 Å². The van der Waals surface area contributed by atoms with Gasteiger partial charge in [-0.3, -0.25) is 0 Å². The van der Waals surface area contributed by atoms with Crippen LogP contribution in [0.5, 0.6) is 23.0 Å². The summed E-state index contributed by atoms with van der Waals surface area (Å²) in [5.74, 6) is -0.158. The van der Waals surface area contributed by atoms with Crippen molar-refractivity contribution in [2.75, 3.05) is 40.6 Å². The Labute approximate surface area is 305 Å². The van der Waals surface area contributed by atoms with Gasteiger partial charge in [0, 0.05) is 25.3 Å². The van der Waals surface area contributed by atoms with Crippen LogP contribution < -0.4 is 9.47 Å². The summed E-state index contributed by atoms with van der Waals surface area (Å²) in [5.41, 5.74) is 1.42. The van der Waals surface area contributed by atoms with Gasteiger partial charge in [-0.15, -0.1) is 0 Å². The third-order valence-electron chi connectivity index (χ3n) is 9.05. The van der Waals surface area contributed by atoms with Crippen molar-refractivity contribution < 1.29 is 83.2 Å². The maximum Gasteiger partial charge on any atom is 0.330 e. The number of methoxy groups -OCH3 is 2. The fraction of sp³-hybridized carbons (Fsp3) is 0.583. The fourth-order valence-electron chi connectivity index (χ4n) is 6.16. The molecule has 3 aliphatic rings. The van der Waals surface area contributed by atoms with Crippen LogP contribution in [0.1, 0.15) is 30.4 Å². The number of ether oxygens (including phenoxy) is 9. The van der Waals surface area contributed by atoms with Crippen LogP contribution >= 0.6 is 0 Å². The maximum atomic E-state index is 12.7. The molecule has 17 heteroatoms. The number of hydrogen-bond acceptors (Lipinski definition) is 17. The van der Waals surface area contributed by atoms with Gasteiger partial charge in [0.1, 0.15) is 31.0 Å². The number of phenols is 2. The summed E-state index contributed by atoms with van der Waals surface area (Å²) in [5, 5.41) is 71.1. The van der Waals surface area contributed by atoms with Gasteiger partial charge in [0.05, 0.1) is 58.5 Å². The first-order valence-corrected chi connectivity index (χ1v) is 17.2. The van der Waals surface area contributed by atoms with Gasteiger partial charge in [0.15, 0.2) is 41.9 Å². The zero-order chi connectivity index (χ0) is 38.1. The molecule has 2 aromatic rings. The number of carbonyl (C=O) groups is 1. The van der Waals surface area contributed by atoms with Crippen LogP contribution in [0, 0.1) is 0 Å². The molecule has 2 aromatic carbocycles. The minimum Gasteiger partial charge on any atom is -0.504 e. The van der Waals surface area contributed by atoms with E-state index in [0.717, 1.165) is 5.56 Å². The molecule has 294 valence electrons. The standard InChI is InChI=1S/C36H48O17/c1-45-28-11-19(3-6-24(28)38)5-8-30(42)48-17-23-13-21(15-31(50-23)47-10-9-20-4-7-25(39)29(12-20)46-2)51-36-34(26(40)14-22(16-37)52-36)53-35-33(44)32(43)27(41)18-49-35/h3-8,11-12,21-23,26-27,31-41,43-44H,9-10,13-18H2,1-2H3/b8-5+/t21-,22-,23-,26-,27+,31+,32-,33+,34+,35-,36+/m0/s1. The van der Waals surface area contributed by atoms with Crippen LogP contribution in [0.3, 0.4) is 0 Å². The lowest BCUT2D eigenvalue weighted by Crippen LogP contribution is -2.59. The smallest absolute Gasteiger partial charge is 0.330 e. The zero-order valence-electron chi connectivity index (χ0n) is 29.3. The van der Waals surface area contributed by atoms with Crippen molar-refractivity contribution in [3.8, 4) is 23.0 Å². The molecule has 3 heterocycles. The first-order valence-electron chi connectivity index (χ1n) is 17.2. The minimum absolute atomic E-state index is 0.00176. The average Bonchev–Trinajstić information content (AvgIpc) is 3.15. The number of aromatic hydroxyl groups is 2. The number of rotatable bonds is 15. The Morgan fingerprint density at radius 3 is 2.32 bits per heavy atom. The van der Waals surface area contributed by atoms with Crippen LogP contribution in [0.25, 0.3) is 6.08 Å². The van der Waals surface area contributed by atoms with E-state index in [1.165, 1.54) is 38.5 Å². The van der Waals surface area contributed by atoms with Gasteiger partial charge in [0.25, 0.3) is 0 Å². The summed E-state index contributed by atoms with van der Waals surface area (Å²) >= 11 is 0. The summed E-state index contributed by atoms with van der Waals surface area (Å²) < 4.78 is 51.5. The van der Waals surface area contributed by atoms with Gasteiger partial charge in [-0.1, -0.05) is 12.1 Å². The van der Waals surface area contributed by atoms with E-state index >= 15 is 0 Å². The van der Waals surface area contributed by atoms with Crippen molar-refractivity contribution in [2.45, 2.75) is 93.4 Å². The number of aliphatic hydroxyl groups is 5. The van der Waals surface area contributed by atoms with Crippen molar-refractivity contribution in [2.24, 2.45) is 0 Å². The van der Waals surface area contributed by atoms with Gasteiger partial charge in [-0.05, 0) is 47.9 Å². The highest BCUT2D eigenvalue weighted by Gasteiger charge is 2.47. The third-order valence-corrected chi connectivity index (χ3v) is 9.05. The van der Waals surface area contributed by atoms with Crippen LogP contribution in [-0.4, -0.2) is 150 Å². The second-order valence-electron chi connectivity index (χ2n) is 12.9. The van der Waals surface area contributed by atoms with E-state index in [-0.39, 0.29) is 56.3 Å². The average molecular weight is 753 g/mol. The summed E-state index contributed by atoms with van der Waals surface area (Å²) in [6, 6.07) is 9.52. The molecular weight excluding hydrogens is 704 g/mol. The molecular formula is C36H48O17. The van der Waals surface area contributed by atoms with E-state index in [0.29, 0.717) is 17.7 Å². The molecule has 7 N–H and O–H groups in total. The van der Waals surface area contributed by atoms with Crippen LogP contribution in [0.15, 0.2) is 42.5 Å². The monoisotopic (exact) mass is 752 g/mol. The minimum atomic E-state index is -1.64. The molecule has 0 aromatic heterocycles. The number of benzene rings is 2. The van der Waals surface area contributed by atoms with Crippen LogP contribution in [0.2, 0.25) is 0 Å². The number of phenolic OH excluding ortho intramolecular Hbond substituents is 2. The first-order chi connectivity index (χ1) is 25.5. The van der Waals surface area contributed by atoms with Crippen molar-refractivity contribution in [3.05, 3.63) is 53.6 Å². The summed E-state index contributed by atoms with van der Waals surface area (Å²) in [6.45, 7) is -0.751. The van der Waals surface area contributed by atoms with Crippen molar-refractivity contribution in [1.29, 1.82) is 0 Å². The van der Waals surface area contributed by atoms with Gasteiger partial charge in [0.2, 0.25) is 0 Å². The summed E-state index contributed by atoms with van der Waals surface area (Å²) in [6.07, 6.45) is -9.33. The highest BCUT2D eigenvalue weighted by molar-refractivity contribution is 5.87. The highest BCUT2D eigenvalue weighted by atomic mass is 16.8. The number of carbonyl (C=O) groups excluding carboxylic acids is 1. The van der Waals surface area contributed by atoms with E-state index in [2.05, 4.69) is 0 Å². The van der Waals surface area contributed by atoms with E-state index in [1.54, 1.807) is 24.3 Å². The molecule has 0 unspecified atom stereocenters. The summed E-state index contributed by atoms with van der Waals surface area (Å²) in [7, 11) is 2.86. The Bertz CT molecular complexity index is 1500. The molecule has 11 atom stereocenters. The summed E-state index contributed by atoms with van der Waals surface area (Å²) in [4.78, 5) is 12.7. The Hall–Kier alpha value is -3.59. The molecule has 0 saturated carbocycles. The van der Waals surface area contributed by atoms with Gasteiger partial charge in [-0.25, -0.2) is 4.79 Å². The topological polar surface area (TPSA) is 242 Å². The van der Waals surface area contributed by atoms with E-state index < -0.39 is 80.3 Å².